The van der Waals surface area contributed by atoms with Gasteiger partial charge in [0.1, 0.15) is 5.75 Å². The quantitative estimate of drug-likeness (QED) is 0.631. The van der Waals surface area contributed by atoms with Crippen molar-refractivity contribution in [1.82, 2.24) is 10.2 Å². The maximum absolute atomic E-state index is 13.1. The van der Waals surface area contributed by atoms with Gasteiger partial charge in [-0.25, -0.2) is 0 Å². The van der Waals surface area contributed by atoms with E-state index in [4.69, 9.17) is 4.74 Å². The maximum atomic E-state index is 13.1. The van der Waals surface area contributed by atoms with Crippen molar-refractivity contribution in [3.05, 3.63) is 76.5 Å². The van der Waals surface area contributed by atoms with Gasteiger partial charge in [0.2, 0.25) is 5.91 Å². The van der Waals surface area contributed by atoms with Crippen LogP contribution in [0.2, 0.25) is 0 Å². The van der Waals surface area contributed by atoms with Crippen molar-refractivity contribution in [3.8, 4) is 16.9 Å². The fraction of sp³-hybridized carbons (Fsp3) is 0.280. The first-order valence-corrected chi connectivity index (χ1v) is 11.3. The predicted molar refractivity (Wildman–Crippen MR) is 123 cm³/mol. The summed E-state index contributed by atoms with van der Waals surface area (Å²) >= 11 is 1.68. The van der Waals surface area contributed by atoms with E-state index in [-0.39, 0.29) is 11.8 Å². The van der Waals surface area contributed by atoms with Crippen LogP contribution in [0.4, 0.5) is 0 Å². The first-order chi connectivity index (χ1) is 15.0. The number of carbonyl (C=O) groups is 2. The van der Waals surface area contributed by atoms with Gasteiger partial charge < -0.3 is 15.0 Å². The summed E-state index contributed by atoms with van der Waals surface area (Å²) in [6, 6.07) is 17.6. The van der Waals surface area contributed by atoms with Crippen LogP contribution in [0, 0.1) is 5.41 Å². The standard InChI is InChI=1S/C25H26N2O3S/c1-26-24(29)25(15-18-6-8-19(9-7-18)21-10-13-31-16-21)11-12-27(17-25)23(28)20-4-3-5-22(14-20)30-2/h3-10,13-14,16H,11-12,15,17H2,1-2H3,(H,26,29)/t25-/m1/s1. The zero-order valence-electron chi connectivity index (χ0n) is 17.8. The van der Waals surface area contributed by atoms with Crippen LogP contribution in [0.1, 0.15) is 22.3 Å². The largest absolute Gasteiger partial charge is 0.497 e. The average molecular weight is 435 g/mol. The van der Waals surface area contributed by atoms with Crippen LogP contribution in [0.5, 0.6) is 5.75 Å². The van der Waals surface area contributed by atoms with E-state index in [1.54, 1.807) is 42.5 Å². The molecular formula is C25H26N2O3S. The Labute approximate surface area is 186 Å². The Bertz CT molecular complexity index is 1060. The van der Waals surface area contributed by atoms with Crippen molar-refractivity contribution in [2.24, 2.45) is 5.41 Å². The lowest BCUT2D eigenvalue weighted by molar-refractivity contribution is -0.129. The van der Waals surface area contributed by atoms with E-state index in [1.807, 2.05) is 12.1 Å². The average Bonchev–Trinajstić information content (AvgIpc) is 3.50. The number of amides is 2. The van der Waals surface area contributed by atoms with E-state index in [1.165, 1.54) is 11.1 Å². The fourth-order valence-electron chi connectivity index (χ4n) is 4.29. The second-order valence-corrected chi connectivity index (χ2v) is 8.73. The third-order valence-electron chi connectivity index (χ3n) is 6.02. The number of ether oxygens (including phenoxy) is 1. The molecule has 2 aromatic carbocycles. The Hall–Kier alpha value is -3.12. The number of nitrogens with zero attached hydrogens (tertiary/aromatic N) is 1. The summed E-state index contributed by atoms with van der Waals surface area (Å²) in [6.45, 7) is 0.950. The highest BCUT2D eigenvalue weighted by molar-refractivity contribution is 7.08. The molecule has 1 atom stereocenters. The summed E-state index contributed by atoms with van der Waals surface area (Å²) in [6.07, 6.45) is 1.23. The highest BCUT2D eigenvalue weighted by Gasteiger charge is 2.45. The lowest BCUT2D eigenvalue weighted by atomic mass is 9.79. The molecule has 1 N–H and O–H groups in total. The molecule has 160 valence electrons. The van der Waals surface area contributed by atoms with Crippen LogP contribution in [-0.2, 0) is 11.2 Å². The highest BCUT2D eigenvalue weighted by Crippen LogP contribution is 2.36. The van der Waals surface area contributed by atoms with Gasteiger partial charge in [0.15, 0.2) is 0 Å². The molecule has 0 bridgehead atoms. The summed E-state index contributed by atoms with van der Waals surface area (Å²) in [5.74, 6) is 0.557. The van der Waals surface area contributed by atoms with Crippen molar-refractivity contribution in [2.45, 2.75) is 12.8 Å². The molecule has 3 aromatic rings. The normalized spacial score (nSPS) is 18.1. The lowest BCUT2D eigenvalue weighted by Gasteiger charge is -2.28. The molecule has 1 saturated heterocycles. The minimum Gasteiger partial charge on any atom is -0.497 e. The number of benzene rings is 2. The van der Waals surface area contributed by atoms with Crippen molar-refractivity contribution in [3.63, 3.8) is 0 Å². The van der Waals surface area contributed by atoms with E-state index in [0.717, 1.165) is 5.56 Å². The number of thiophene rings is 1. The van der Waals surface area contributed by atoms with Gasteiger partial charge in [-0.1, -0.05) is 30.3 Å². The first-order valence-electron chi connectivity index (χ1n) is 10.3. The third kappa shape index (κ3) is 4.35. The molecule has 4 rings (SSSR count). The number of methoxy groups -OCH3 is 1. The molecule has 1 aliphatic heterocycles. The third-order valence-corrected chi connectivity index (χ3v) is 6.70. The minimum absolute atomic E-state index is 0.0182. The van der Waals surface area contributed by atoms with Crippen LogP contribution in [-0.4, -0.2) is 44.0 Å². The zero-order valence-corrected chi connectivity index (χ0v) is 18.6. The van der Waals surface area contributed by atoms with Gasteiger partial charge in [-0.05, 0) is 64.6 Å². The molecule has 31 heavy (non-hydrogen) atoms. The Morgan fingerprint density at radius 2 is 1.94 bits per heavy atom. The molecule has 1 aliphatic rings. The van der Waals surface area contributed by atoms with E-state index >= 15 is 0 Å². The summed E-state index contributed by atoms with van der Waals surface area (Å²) in [5.41, 5.74) is 3.41. The molecule has 2 amide bonds. The molecule has 1 aromatic heterocycles. The maximum Gasteiger partial charge on any atom is 0.254 e. The molecule has 0 saturated carbocycles. The Balaban J connectivity index is 1.53. The molecule has 0 spiro atoms. The minimum atomic E-state index is -0.632. The number of hydrogen-bond acceptors (Lipinski definition) is 4. The highest BCUT2D eigenvalue weighted by atomic mass is 32.1. The Morgan fingerprint density at radius 1 is 1.13 bits per heavy atom. The summed E-state index contributed by atoms with van der Waals surface area (Å²) in [4.78, 5) is 27.8. The van der Waals surface area contributed by atoms with Crippen LogP contribution in [0.15, 0.2) is 65.4 Å². The van der Waals surface area contributed by atoms with Crippen molar-refractivity contribution in [2.75, 3.05) is 27.2 Å². The second-order valence-electron chi connectivity index (χ2n) is 7.95. The van der Waals surface area contributed by atoms with Crippen LogP contribution < -0.4 is 10.1 Å². The van der Waals surface area contributed by atoms with Crippen LogP contribution in [0.3, 0.4) is 0 Å². The van der Waals surface area contributed by atoms with Crippen molar-refractivity contribution in [1.29, 1.82) is 0 Å². The van der Waals surface area contributed by atoms with Crippen LogP contribution in [0.25, 0.3) is 11.1 Å². The van der Waals surface area contributed by atoms with Gasteiger partial charge in [0, 0.05) is 25.7 Å². The number of carbonyl (C=O) groups excluding carboxylic acids is 2. The fourth-order valence-corrected chi connectivity index (χ4v) is 4.96. The van der Waals surface area contributed by atoms with Crippen molar-refractivity contribution < 1.29 is 14.3 Å². The molecule has 0 aliphatic carbocycles. The monoisotopic (exact) mass is 434 g/mol. The van der Waals surface area contributed by atoms with Gasteiger partial charge in [-0.3, -0.25) is 9.59 Å². The topological polar surface area (TPSA) is 58.6 Å². The number of likely N-dealkylation sites (tertiary alicyclic amines) is 1. The van der Waals surface area contributed by atoms with Gasteiger partial charge >= 0.3 is 0 Å². The van der Waals surface area contributed by atoms with E-state index in [9.17, 15) is 9.59 Å². The first kappa shape index (κ1) is 21.1. The summed E-state index contributed by atoms with van der Waals surface area (Å²) in [5, 5.41) is 7.01. The molecule has 0 radical (unpaired) electrons. The summed E-state index contributed by atoms with van der Waals surface area (Å²) < 4.78 is 5.25. The van der Waals surface area contributed by atoms with Crippen molar-refractivity contribution >= 4 is 23.2 Å². The number of hydrogen-bond donors (Lipinski definition) is 1. The molecular weight excluding hydrogens is 408 g/mol. The molecule has 0 unspecified atom stereocenters. The molecule has 2 heterocycles. The lowest BCUT2D eigenvalue weighted by Crippen LogP contribution is -2.44. The number of nitrogens with one attached hydrogen (secondary N) is 1. The Kier molecular flexibility index (Phi) is 6.09. The predicted octanol–water partition coefficient (Wildman–Crippen LogP) is 4.24. The molecule has 5 nitrogen and oxygen atoms in total. The van der Waals surface area contributed by atoms with Gasteiger partial charge in [-0.15, -0.1) is 0 Å². The molecule has 6 heteroatoms. The van der Waals surface area contributed by atoms with Crippen LogP contribution >= 0.6 is 11.3 Å². The smallest absolute Gasteiger partial charge is 0.254 e. The van der Waals surface area contributed by atoms with Gasteiger partial charge in [0.05, 0.1) is 12.5 Å². The van der Waals surface area contributed by atoms with E-state index in [2.05, 4.69) is 46.4 Å². The number of rotatable bonds is 6. The van der Waals surface area contributed by atoms with E-state index in [0.29, 0.717) is 37.2 Å². The molecule has 1 fully saturated rings. The summed E-state index contributed by atoms with van der Waals surface area (Å²) in [7, 11) is 3.25. The van der Waals surface area contributed by atoms with Gasteiger partial charge in [-0.2, -0.15) is 11.3 Å². The van der Waals surface area contributed by atoms with E-state index < -0.39 is 5.41 Å². The Morgan fingerprint density at radius 3 is 2.61 bits per heavy atom. The zero-order chi connectivity index (χ0) is 21.8. The second kappa shape index (κ2) is 8.94. The SMILES string of the molecule is CNC(=O)[C@@]1(Cc2ccc(-c3ccsc3)cc2)CCN(C(=O)c2cccc(OC)c2)C1. The van der Waals surface area contributed by atoms with Gasteiger partial charge in [0.25, 0.3) is 5.91 Å².